The maximum Gasteiger partial charge on any atom is 0.228 e. The molecule has 1 aliphatic heterocycles. The van der Waals surface area contributed by atoms with Gasteiger partial charge in [0.15, 0.2) is 0 Å². The summed E-state index contributed by atoms with van der Waals surface area (Å²) in [6.07, 6.45) is 8.55. The number of hydrogen-bond acceptors (Lipinski definition) is 3. The molecule has 0 aromatic carbocycles. The molecule has 1 aromatic rings. The first-order valence-corrected chi connectivity index (χ1v) is 8.93. The highest BCUT2D eigenvalue weighted by atomic mass is 16.2. The molecule has 126 valence electrons. The molecule has 1 aliphatic carbocycles. The number of fused-ring (bicyclic) bond motifs is 1. The van der Waals surface area contributed by atoms with Gasteiger partial charge in [-0.3, -0.25) is 9.78 Å². The molecule has 2 heterocycles. The van der Waals surface area contributed by atoms with Gasteiger partial charge in [0.1, 0.15) is 0 Å². The molecule has 0 spiro atoms. The lowest BCUT2D eigenvalue weighted by Gasteiger charge is -2.49. The van der Waals surface area contributed by atoms with Gasteiger partial charge in [0.25, 0.3) is 0 Å². The van der Waals surface area contributed by atoms with Crippen LogP contribution in [0.15, 0.2) is 18.3 Å². The third-order valence-electron chi connectivity index (χ3n) is 5.74. The quantitative estimate of drug-likeness (QED) is 0.860. The minimum Gasteiger partial charge on any atom is -0.341 e. The molecule has 4 heteroatoms. The van der Waals surface area contributed by atoms with Crippen molar-refractivity contribution in [2.24, 2.45) is 5.92 Å². The Bertz CT molecular complexity index is 557. The molecule has 3 unspecified atom stereocenters. The molecule has 0 bridgehead atoms. The van der Waals surface area contributed by atoms with Gasteiger partial charge in [-0.05, 0) is 69.8 Å². The Morgan fingerprint density at radius 3 is 2.91 bits per heavy atom. The molecule has 2 aliphatic rings. The van der Waals surface area contributed by atoms with E-state index in [2.05, 4.69) is 16.9 Å². The third-order valence-corrected chi connectivity index (χ3v) is 5.74. The molecule has 1 aromatic heterocycles. The van der Waals surface area contributed by atoms with Crippen molar-refractivity contribution in [1.82, 2.24) is 14.8 Å². The summed E-state index contributed by atoms with van der Waals surface area (Å²) in [6, 6.07) is 4.89. The van der Waals surface area contributed by atoms with Gasteiger partial charge in [-0.15, -0.1) is 0 Å². The van der Waals surface area contributed by atoms with E-state index < -0.39 is 0 Å². The maximum absolute atomic E-state index is 12.8. The van der Waals surface area contributed by atoms with E-state index in [1.807, 2.05) is 31.0 Å². The van der Waals surface area contributed by atoms with Crippen LogP contribution < -0.4 is 0 Å². The van der Waals surface area contributed by atoms with Gasteiger partial charge in [-0.25, -0.2) is 0 Å². The van der Waals surface area contributed by atoms with Crippen LogP contribution in [0.1, 0.15) is 43.4 Å². The second-order valence-electron chi connectivity index (χ2n) is 7.38. The maximum atomic E-state index is 12.8. The summed E-state index contributed by atoms with van der Waals surface area (Å²) in [7, 11) is 4.23. The van der Waals surface area contributed by atoms with Crippen LogP contribution in [0.3, 0.4) is 0 Å². The molecule has 1 saturated carbocycles. The predicted octanol–water partition coefficient (Wildman–Crippen LogP) is 2.65. The Morgan fingerprint density at radius 2 is 2.13 bits per heavy atom. The lowest BCUT2D eigenvalue weighted by Crippen LogP contribution is -2.58. The number of pyridine rings is 1. The van der Waals surface area contributed by atoms with Gasteiger partial charge in [-0.1, -0.05) is 6.42 Å². The van der Waals surface area contributed by atoms with Crippen LogP contribution in [0.25, 0.3) is 0 Å². The molecule has 0 radical (unpaired) electrons. The van der Waals surface area contributed by atoms with E-state index in [0.29, 0.717) is 18.5 Å². The SMILES string of the molecule is Cc1ccnc(CC(=O)N(C)C2CCCC3CCCN(C)C32)c1. The fraction of sp³-hybridized carbons (Fsp3) is 0.684. The highest BCUT2D eigenvalue weighted by Crippen LogP contribution is 2.36. The topological polar surface area (TPSA) is 36.4 Å². The van der Waals surface area contributed by atoms with Gasteiger partial charge in [0.2, 0.25) is 5.91 Å². The lowest BCUT2D eigenvalue weighted by atomic mass is 9.75. The minimum atomic E-state index is 0.202. The fourth-order valence-electron chi connectivity index (χ4n) is 4.55. The van der Waals surface area contributed by atoms with Crippen LogP contribution in [0.5, 0.6) is 0 Å². The smallest absolute Gasteiger partial charge is 0.228 e. The van der Waals surface area contributed by atoms with Gasteiger partial charge in [0, 0.05) is 31.0 Å². The molecule has 1 saturated heterocycles. The van der Waals surface area contributed by atoms with E-state index >= 15 is 0 Å². The number of hydrogen-bond donors (Lipinski definition) is 0. The first-order valence-electron chi connectivity index (χ1n) is 8.93. The standard InChI is InChI=1S/C19H29N3O/c1-14-9-10-20-16(12-14)13-18(23)22(3)17-8-4-6-15-7-5-11-21(2)19(15)17/h9-10,12,15,17,19H,4-8,11,13H2,1-3H3. The summed E-state index contributed by atoms with van der Waals surface area (Å²) < 4.78 is 0. The van der Waals surface area contributed by atoms with Gasteiger partial charge in [0.05, 0.1) is 6.42 Å². The van der Waals surface area contributed by atoms with Gasteiger partial charge >= 0.3 is 0 Å². The second-order valence-corrected chi connectivity index (χ2v) is 7.38. The fourth-order valence-corrected chi connectivity index (χ4v) is 4.55. The van der Waals surface area contributed by atoms with Crippen LogP contribution in [-0.2, 0) is 11.2 Å². The van der Waals surface area contributed by atoms with E-state index in [1.165, 1.54) is 32.2 Å². The van der Waals surface area contributed by atoms with Crippen molar-refractivity contribution in [3.05, 3.63) is 29.6 Å². The zero-order valence-corrected chi connectivity index (χ0v) is 14.7. The number of amides is 1. The summed E-state index contributed by atoms with van der Waals surface area (Å²) in [5, 5.41) is 0. The summed E-state index contributed by atoms with van der Waals surface area (Å²) in [5.41, 5.74) is 2.04. The molecule has 23 heavy (non-hydrogen) atoms. The molecule has 2 fully saturated rings. The average Bonchev–Trinajstić information content (AvgIpc) is 2.54. The molecule has 1 amide bonds. The van der Waals surface area contributed by atoms with E-state index in [9.17, 15) is 4.79 Å². The lowest BCUT2D eigenvalue weighted by molar-refractivity contribution is -0.134. The first-order chi connectivity index (χ1) is 11.1. The van der Waals surface area contributed by atoms with Crippen molar-refractivity contribution in [2.45, 2.75) is 57.5 Å². The number of carbonyl (C=O) groups excluding carboxylic acids is 1. The number of nitrogens with zero attached hydrogens (tertiary/aromatic N) is 3. The number of rotatable bonds is 3. The van der Waals surface area contributed by atoms with Crippen molar-refractivity contribution in [2.75, 3.05) is 20.6 Å². The van der Waals surface area contributed by atoms with E-state index in [4.69, 9.17) is 0 Å². The van der Waals surface area contributed by atoms with Crippen LogP contribution in [0.4, 0.5) is 0 Å². The van der Waals surface area contributed by atoms with Crippen molar-refractivity contribution in [3.63, 3.8) is 0 Å². The van der Waals surface area contributed by atoms with Crippen LogP contribution in [0.2, 0.25) is 0 Å². The van der Waals surface area contributed by atoms with Crippen LogP contribution in [0, 0.1) is 12.8 Å². The van der Waals surface area contributed by atoms with Crippen molar-refractivity contribution in [1.29, 1.82) is 0 Å². The average molecular weight is 315 g/mol. The van der Waals surface area contributed by atoms with E-state index in [-0.39, 0.29) is 5.91 Å². The second kappa shape index (κ2) is 7.00. The molecular formula is C19H29N3O. The Labute approximate surface area is 139 Å². The molecule has 4 nitrogen and oxygen atoms in total. The van der Waals surface area contributed by atoms with Crippen molar-refractivity contribution < 1.29 is 4.79 Å². The molecule has 0 N–H and O–H groups in total. The van der Waals surface area contributed by atoms with E-state index in [0.717, 1.165) is 23.6 Å². The largest absolute Gasteiger partial charge is 0.341 e. The number of carbonyl (C=O) groups is 1. The van der Waals surface area contributed by atoms with Crippen LogP contribution >= 0.6 is 0 Å². The highest BCUT2D eigenvalue weighted by Gasteiger charge is 2.40. The predicted molar refractivity (Wildman–Crippen MR) is 92.2 cm³/mol. The summed E-state index contributed by atoms with van der Waals surface area (Å²) in [5.74, 6) is 0.965. The van der Waals surface area contributed by atoms with Crippen molar-refractivity contribution in [3.8, 4) is 0 Å². The number of aryl methyl sites for hydroxylation is 1. The zero-order valence-electron chi connectivity index (χ0n) is 14.7. The van der Waals surface area contributed by atoms with Gasteiger partial charge in [-0.2, -0.15) is 0 Å². The van der Waals surface area contributed by atoms with Gasteiger partial charge < -0.3 is 9.80 Å². The highest BCUT2D eigenvalue weighted by molar-refractivity contribution is 5.78. The number of aromatic nitrogens is 1. The zero-order chi connectivity index (χ0) is 16.4. The summed E-state index contributed by atoms with van der Waals surface area (Å²) >= 11 is 0. The Morgan fingerprint density at radius 1 is 1.35 bits per heavy atom. The molecule has 3 atom stereocenters. The minimum absolute atomic E-state index is 0.202. The Balaban J connectivity index is 1.70. The number of likely N-dealkylation sites (tertiary alicyclic amines) is 1. The summed E-state index contributed by atoms with van der Waals surface area (Å²) in [6.45, 7) is 3.21. The first kappa shape index (κ1) is 16.4. The van der Waals surface area contributed by atoms with Crippen LogP contribution in [-0.4, -0.2) is 53.4 Å². The molecule has 3 rings (SSSR count). The number of likely N-dealkylation sites (N-methyl/N-ethyl adjacent to an activating group) is 2. The third kappa shape index (κ3) is 3.57. The number of piperidine rings is 1. The Kier molecular flexibility index (Phi) is 5.00. The Hall–Kier alpha value is -1.42. The monoisotopic (exact) mass is 315 g/mol. The molecular weight excluding hydrogens is 286 g/mol. The van der Waals surface area contributed by atoms with Crippen molar-refractivity contribution >= 4 is 5.91 Å². The normalized spacial score (nSPS) is 28.2. The van der Waals surface area contributed by atoms with E-state index in [1.54, 1.807) is 6.20 Å². The summed E-state index contributed by atoms with van der Waals surface area (Å²) in [4.78, 5) is 21.6.